The minimum absolute atomic E-state index is 0.119. The largest absolute Gasteiger partial charge is 0.497 e. The van der Waals surface area contributed by atoms with E-state index in [9.17, 15) is 9.59 Å². The van der Waals surface area contributed by atoms with Crippen LogP contribution < -0.4 is 10.1 Å². The zero-order valence-corrected chi connectivity index (χ0v) is 22.0. The number of Topliss-reactive ketones (excluding diaryl/α,β-unsaturated/α-hetero) is 1. The number of carbonyl (C=O) groups is 2. The highest BCUT2D eigenvalue weighted by molar-refractivity contribution is 6.74. The average molecular weight is 462 g/mol. The van der Waals surface area contributed by atoms with Crippen molar-refractivity contribution in [3.63, 3.8) is 0 Å². The zero-order valence-electron chi connectivity index (χ0n) is 21.0. The maximum Gasteiger partial charge on any atom is 0.408 e. The van der Waals surface area contributed by atoms with E-state index in [1.807, 2.05) is 32.9 Å². The lowest BCUT2D eigenvalue weighted by molar-refractivity contribution is -0.121. The van der Waals surface area contributed by atoms with Crippen molar-refractivity contribution in [3.05, 3.63) is 29.8 Å². The average Bonchev–Trinajstić information content (AvgIpc) is 2.65. The van der Waals surface area contributed by atoms with E-state index in [0.29, 0.717) is 18.8 Å². The van der Waals surface area contributed by atoms with Gasteiger partial charge in [-0.25, -0.2) is 4.79 Å². The maximum absolute atomic E-state index is 12.8. The molecule has 1 amide bonds. The molecule has 1 N–H and O–H groups in total. The molecule has 0 fully saturated rings. The van der Waals surface area contributed by atoms with Crippen LogP contribution >= 0.6 is 0 Å². The van der Waals surface area contributed by atoms with Crippen molar-refractivity contribution in [2.75, 3.05) is 13.7 Å². The highest BCUT2D eigenvalue weighted by atomic mass is 28.4. The Balaban J connectivity index is 2.83. The number of alkyl carbamates (subject to hydrolysis) is 1. The highest BCUT2D eigenvalue weighted by Gasteiger charge is 2.36. The standard InChI is InChI=1S/C25H39NO5Si/c1-24(2,3)26-23(28)31-22(18-19-13-15-20(29-7)16-14-19)21(27)12-10-11-17-30-32(8,9)25(4,5)6/h13-16,22H,11,17-18H2,1-9H3,(H,26,28)/t22-/m0/s1. The molecular weight excluding hydrogens is 422 g/mol. The summed E-state index contributed by atoms with van der Waals surface area (Å²) in [5.41, 5.74) is 0.369. The number of benzene rings is 1. The second-order valence-electron chi connectivity index (χ2n) is 10.3. The van der Waals surface area contributed by atoms with Crippen LogP contribution in [-0.2, 0) is 20.4 Å². The first-order valence-corrected chi connectivity index (χ1v) is 13.8. The van der Waals surface area contributed by atoms with E-state index in [4.69, 9.17) is 13.9 Å². The summed E-state index contributed by atoms with van der Waals surface area (Å²) in [6.45, 7) is 16.9. The lowest BCUT2D eigenvalue weighted by Gasteiger charge is -2.35. The van der Waals surface area contributed by atoms with Gasteiger partial charge in [-0.15, -0.1) is 0 Å². The first kappa shape index (κ1) is 27.7. The highest BCUT2D eigenvalue weighted by Crippen LogP contribution is 2.36. The van der Waals surface area contributed by atoms with Gasteiger partial charge in [0.1, 0.15) is 5.75 Å². The molecule has 1 aromatic carbocycles. The van der Waals surface area contributed by atoms with Gasteiger partial charge >= 0.3 is 6.09 Å². The van der Waals surface area contributed by atoms with E-state index in [1.165, 1.54) is 0 Å². The van der Waals surface area contributed by atoms with Crippen LogP contribution in [0.2, 0.25) is 18.1 Å². The first-order valence-electron chi connectivity index (χ1n) is 10.9. The SMILES string of the molecule is COc1ccc(C[C@H](OC(=O)NC(C)(C)C)C(=O)C#CCCO[Si](C)(C)C(C)(C)C)cc1. The predicted octanol–water partition coefficient (Wildman–Crippen LogP) is 5.12. The molecule has 0 saturated carbocycles. The van der Waals surface area contributed by atoms with Crippen molar-refractivity contribution >= 4 is 20.2 Å². The van der Waals surface area contributed by atoms with Crippen LogP contribution in [0.4, 0.5) is 4.79 Å². The number of hydrogen-bond donors (Lipinski definition) is 1. The van der Waals surface area contributed by atoms with E-state index in [1.54, 1.807) is 19.2 Å². The third-order valence-corrected chi connectivity index (χ3v) is 9.84. The summed E-state index contributed by atoms with van der Waals surface area (Å²) in [7, 11) is -0.259. The molecule has 1 rings (SSSR count). The number of hydrogen-bond acceptors (Lipinski definition) is 5. The van der Waals surface area contributed by atoms with Crippen LogP contribution in [0.5, 0.6) is 5.75 Å². The topological polar surface area (TPSA) is 73.9 Å². The summed E-state index contributed by atoms with van der Waals surface area (Å²) < 4.78 is 16.7. The van der Waals surface area contributed by atoms with E-state index in [0.717, 1.165) is 5.56 Å². The fourth-order valence-corrected chi connectivity index (χ4v) is 3.48. The van der Waals surface area contributed by atoms with Gasteiger partial charge in [-0.3, -0.25) is 4.79 Å². The van der Waals surface area contributed by atoms with E-state index >= 15 is 0 Å². The van der Waals surface area contributed by atoms with E-state index in [2.05, 4.69) is 51.0 Å². The molecule has 0 aliphatic rings. The molecule has 0 unspecified atom stereocenters. The summed E-state index contributed by atoms with van der Waals surface area (Å²) >= 11 is 0. The number of ether oxygens (including phenoxy) is 2. The fraction of sp³-hybridized carbons (Fsp3) is 0.600. The van der Waals surface area contributed by atoms with Crippen LogP contribution in [0, 0.1) is 11.8 Å². The molecule has 0 radical (unpaired) electrons. The smallest absolute Gasteiger partial charge is 0.408 e. The van der Waals surface area contributed by atoms with E-state index in [-0.39, 0.29) is 11.5 Å². The molecule has 32 heavy (non-hydrogen) atoms. The second-order valence-corrected chi connectivity index (χ2v) is 15.2. The predicted molar refractivity (Wildman–Crippen MR) is 130 cm³/mol. The van der Waals surface area contributed by atoms with Gasteiger partial charge in [0, 0.05) is 25.0 Å². The Morgan fingerprint density at radius 3 is 2.16 bits per heavy atom. The summed E-state index contributed by atoms with van der Waals surface area (Å²) in [5.74, 6) is 5.80. The Labute approximate surface area is 194 Å². The number of methoxy groups -OCH3 is 1. The third kappa shape index (κ3) is 9.88. The van der Waals surface area contributed by atoms with Crippen molar-refractivity contribution in [1.82, 2.24) is 5.32 Å². The summed E-state index contributed by atoms with van der Waals surface area (Å²) in [6, 6.07) is 7.28. The summed E-state index contributed by atoms with van der Waals surface area (Å²) in [5, 5.41) is 2.84. The Hall–Kier alpha value is -2.30. The molecule has 0 aromatic heterocycles. The van der Waals surface area contributed by atoms with Gasteiger partial charge in [-0.1, -0.05) is 38.8 Å². The molecule has 1 atom stereocenters. The van der Waals surface area contributed by atoms with Crippen LogP contribution in [0.1, 0.15) is 53.5 Å². The summed E-state index contributed by atoms with van der Waals surface area (Å²) in [6.07, 6.45) is -0.969. The lowest BCUT2D eigenvalue weighted by atomic mass is 10.0. The van der Waals surface area contributed by atoms with Gasteiger partial charge in [0.2, 0.25) is 5.78 Å². The second kappa shape index (κ2) is 11.5. The molecule has 0 heterocycles. The van der Waals surface area contributed by atoms with Crippen molar-refractivity contribution < 1.29 is 23.5 Å². The minimum Gasteiger partial charge on any atom is -0.497 e. The van der Waals surface area contributed by atoms with Crippen molar-refractivity contribution in [2.45, 2.75) is 84.2 Å². The molecule has 0 spiro atoms. The number of rotatable bonds is 8. The van der Waals surface area contributed by atoms with Gasteiger partial charge in [-0.2, -0.15) is 0 Å². The number of nitrogens with one attached hydrogen (secondary N) is 1. The lowest BCUT2D eigenvalue weighted by Crippen LogP contribution is -2.43. The minimum atomic E-state index is -1.85. The van der Waals surface area contributed by atoms with Gasteiger partial charge in [-0.05, 0) is 62.5 Å². The third-order valence-electron chi connectivity index (χ3n) is 5.31. The fourth-order valence-electron chi connectivity index (χ4n) is 2.43. The quantitative estimate of drug-likeness (QED) is 0.252. The molecule has 6 nitrogen and oxygen atoms in total. The Morgan fingerprint density at radius 1 is 1.06 bits per heavy atom. The Kier molecular flexibility index (Phi) is 9.99. The molecule has 7 heteroatoms. The van der Waals surface area contributed by atoms with Crippen molar-refractivity contribution in [3.8, 4) is 17.6 Å². The van der Waals surface area contributed by atoms with Crippen LogP contribution in [0.3, 0.4) is 0 Å². The van der Waals surface area contributed by atoms with Crippen LogP contribution in [0.25, 0.3) is 0 Å². The van der Waals surface area contributed by atoms with Crippen LogP contribution in [0.15, 0.2) is 24.3 Å². The van der Waals surface area contributed by atoms with Crippen molar-refractivity contribution in [2.24, 2.45) is 0 Å². The number of carbonyl (C=O) groups excluding carboxylic acids is 2. The molecular formula is C25H39NO5Si. The summed E-state index contributed by atoms with van der Waals surface area (Å²) in [4.78, 5) is 25.0. The zero-order chi connectivity index (χ0) is 24.6. The van der Waals surface area contributed by atoms with Gasteiger partial charge in [0.15, 0.2) is 14.4 Å². The first-order chi connectivity index (χ1) is 14.6. The molecule has 0 aliphatic heterocycles. The normalized spacial score (nSPS) is 12.9. The molecule has 0 bridgehead atoms. The molecule has 0 aliphatic carbocycles. The number of amides is 1. The maximum atomic E-state index is 12.8. The molecule has 1 aromatic rings. The number of ketones is 1. The van der Waals surface area contributed by atoms with Crippen LogP contribution in [-0.4, -0.2) is 45.6 Å². The van der Waals surface area contributed by atoms with E-state index < -0.39 is 31.8 Å². The van der Waals surface area contributed by atoms with Crippen molar-refractivity contribution in [1.29, 1.82) is 0 Å². The molecule has 0 saturated heterocycles. The van der Waals surface area contributed by atoms with Gasteiger partial charge in [0.25, 0.3) is 0 Å². The Morgan fingerprint density at radius 2 is 1.66 bits per heavy atom. The monoisotopic (exact) mass is 461 g/mol. The van der Waals surface area contributed by atoms with Gasteiger partial charge < -0.3 is 19.2 Å². The Bertz CT molecular complexity index is 823. The molecule has 178 valence electrons. The van der Waals surface area contributed by atoms with Gasteiger partial charge in [0.05, 0.1) is 7.11 Å².